The number of hydrogen-bond donors (Lipinski definition) is 0. The summed E-state index contributed by atoms with van der Waals surface area (Å²) in [6, 6.07) is 21.9. The molecule has 1 aliphatic heterocycles. The second-order valence-corrected chi connectivity index (χ2v) is 7.95. The minimum Gasteiger partial charge on any atom is -0.422 e. The summed E-state index contributed by atoms with van der Waals surface area (Å²) in [6.45, 7) is 4.76. The van der Waals surface area contributed by atoms with Gasteiger partial charge in [-0.05, 0) is 47.0 Å². The van der Waals surface area contributed by atoms with Crippen molar-refractivity contribution in [3.8, 4) is 0 Å². The lowest BCUT2D eigenvalue weighted by molar-refractivity contribution is 0.0742. The maximum absolute atomic E-state index is 13.2. The molecule has 5 rings (SSSR count). The van der Waals surface area contributed by atoms with E-state index in [0.29, 0.717) is 18.7 Å². The lowest BCUT2D eigenvalue weighted by atomic mass is 10.0. The van der Waals surface area contributed by atoms with Gasteiger partial charge >= 0.3 is 5.63 Å². The van der Waals surface area contributed by atoms with Gasteiger partial charge in [0.05, 0.1) is 0 Å². The molecule has 3 aromatic carbocycles. The minimum atomic E-state index is -0.578. The first-order valence-corrected chi connectivity index (χ1v) is 10.7. The van der Waals surface area contributed by atoms with Crippen LogP contribution in [0.25, 0.3) is 21.7 Å². The molecule has 5 heteroatoms. The third kappa shape index (κ3) is 3.56. The first kappa shape index (κ1) is 19.4. The average Bonchev–Trinajstić information content (AvgIpc) is 2.83. The van der Waals surface area contributed by atoms with E-state index >= 15 is 0 Å². The number of carbonyl (C=O) groups excluding carboxylic acids is 1. The van der Waals surface area contributed by atoms with Crippen LogP contribution in [0.3, 0.4) is 0 Å². The van der Waals surface area contributed by atoms with E-state index in [4.69, 9.17) is 4.42 Å². The van der Waals surface area contributed by atoms with Gasteiger partial charge in [-0.3, -0.25) is 4.79 Å². The number of anilines is 1. The van der Waals surface area contributed by atoms with E-state index in [2.05, 4.69) is 36.1 Å². The first-order valence-electron chi connectivity index (χ1n) is 10.7. The molecule has 0 atom stereocenters. The van der Waals surface area contributed by atoms with Gasteiger partial charge in [0, 0.05) is 37.3 Å². The summed E-state index contributed by atoms with van der Waals surface area (Å²) >= 11 is 0. The highest BCUT2D eigenvalue weighted by Crippen LogP contribution is 2.25. The third-order valence-electron chi connectivity index (χ3n) is 6.15. The van der Waals surface area contributed by atoms with Gasteiger partial charge in [0.25, 0.3) is 5.91 Å². The van der Waals surface area contributed by atoms with Crippen molar-refractivity contribution in [3.05, 3.63) is 88.3 Å². The van der Waals surface area contributed by atoms with E-state index in [1.54, 1.807) is 17.0 Å². The summed E-state index contributed by atoms with van der Waals surface area (Å²) < 4.78 is 5.51. The Bertz CT molecular complexity index is 1320. The highest BCUT2D eigenvalue weighted by atomic mass is 16.4. The molecule has 0 bridgehead atoms. The van der Waals surface area contributed by atoms with Gasteiger partial charge in [0.15, 0.2) is 0 Å². The number of nitrogens with zero attached hydrogens (tertiary/aromatic N) is 2. The van der Waals surface area contributed by atoms with Crippen molar-refractivity contribution < 1.29 is 9.21 Å². The van der Waals surface area contributed by atoms with Gasteiger partial charge in [-0.1, -0.05) is 49.4 Å². The van der Waals surface area contributed by atoms with E-state index in [1.165, 1.54) is 11.3 Å². The Labute approximate surface area is 180 Å². The summed E-state index contributed by atoms with van der Waals surface area (Å²) in [4.78, 5) is 29.8. The monoisotopic (exact) mass is 412 g/mol. The van der Waals surface area contributed by atoms with Crippen LogP contribution in [0.4, 0.5) is 5.69 Å². The number of aryl methyl sites for hydroxylation is 1. The van der Waals surface area contributed by atoms with E-state index in [9.17, 15) is 9.59 Å². The predicted molar refractivity (Wildman–Crippen MR) is 124 cm³/mol. The molecule has 1 aliphatic rings. The first-order chi connectivity index (χ1) is 15.1. The molecule has 1 amide bonds. The molecule has 4 aromatic rings. The van der Waals surface area contributed by atoms with Crippen molar-refractivity contribution in [3.63, 3.8) is 0 Å². The van der Waals surface area contributed by atoms with Crippen LogP contribution in [0, 0.1) is 0 Å². The van der Waals surface area contributed by atoms with Crippen LogP contribution in [0.5, 0.6) is 0 Å². The van der Waals surface area contributed by atoms with Crippen molar-refractivity contribution in [2.75, 3.05) is 31.1 Å². The second-order valence-electron chi connectivity index (χ2n) is 7.95. The third-order valence-corrected chi connectivity index (χ3v) is 6.15. The van der Waals surface area contributed by atoms with Crippen molar-refractivity contribution in [1.82, 2.24) is 4.90 Å². The van der Waals surface area contributed by atoms with Gasteiger partial charge in [-0.2, -0.15) is 0 Å². The molecule has 1 fully saturated rings. The number of amides is 1. The molecule has 31 heavy (non-hydrogen) atoms. The topological polar surface area (TPSA) is 53.8 Å². The number of rotatable bonds is 3. The SMILES string of the molecule is CCc1ccc(N2CCN(C(=O)c3cc4c(ccc5ccccc54)oc3=O)CC2)cc1. The van der Waals surface area contributed by atoms with Gasteiger partial charge in [0.1, 0.15) is 11.1 Å². The number of fused-ring (bicyclic) bond motifs is 3. The van der Waals surface area contributed by atoms with E-state index in [0.717, 1.165) is 35.7 Å². The van der Waals surface area contributed by atoms with Crippen LogP contribution in [0.15, 0.2) is 75.9 Å². The Hall–Kier alpha value is -3.60. The maximum Gasteiger partial charge on any atom is 0.349 e. The Balaban J connectivity index is 1.39. The lowest BCUT2D eigenvalue weighted by Gasteiger charge is -2.36. The Kier molecular flexibility index (Phi) is 4.94. The summed E-state index contributed by atoms with van der Waals surface area (Å²) in [5.41, 5.74) is 2.50. The average molecular weight is 412 g/mol. The van der Waals surface area contributed by atoms with Gasteiger partial charge < -0.3 is 14.2 Å². The highest BCUT2D eigenvalue weighted by molar-refractivity contribution is 6.07. The molecular formula is C26H24N2O3. The molecule has 0 unspecified atom stereocenters. The second kappa shape index (κ2) is 7.91. The molecule has 1 saturated heterocycles. The largest absolute Gasteiger partial charge is 0.422 e. The lowest BCUT2D eigenvalue weighted by Crippen LogP contribution is -2.49. The van der Waals surface area contributed by atoms with E-state index in [1.807, 2.05) is 30.3 Å². The smallest absolute Gasteiger partial charge is 0.349 e. The number of hydrogen-bond acceptors (Lipinski definition) is 4. The van der Waals surface area contributed by atoms with Gasteiger partial charge in [-0.15, -0.1) is 0 Å². The normalized spacial score (nSPS) is 14.4. The quantitative estimate of drug-likeness (QED) is 0.368. The fourth-order valence-electron chi connectivity index (χ4n) is 4.30. The van der Waals surface area contributed by atoms with E-state index < -0.39 is 5.63 Å². The summed E-state index contributed by atoms with van der Waals surface area (Å²) in [5, 5.41) is 2.80. The van der Waals surface area contributed by atoms with Crippen molar-refractivity contribution in [1.29, 1.82) is 0 Å². The minimum absolute atomic E-state index is 0.101. The molecule has 1 aromatic heterocycles. The van der Waals surface area contributed by atoms with Crippen LogP contribution in [-0.2, 0) is 6.42 Å². The fourth-order valence-corrected chi connectivity index (χ4v) is 4.30. The molecule has 156 valence electrons. The van der Waals surface area contributed by atoms with Crippen LogP contribution < -0.4 is 10.5 Å². The van der Waals surface area contributed by atoms with Gasteiger partial charge in [-0.25, -0.2) is 4.79 Å². The molecule has 0 radical (unpaired) electrons. The molecule has 0 N–H and O–H groups in total. The van der Waals surface area contributed by atoms with Crippen molar-refractivity contribution >= 4 is 33.3 Å². The zero-order chi connectivity index (χ0) is 21.4. The molecular weight excluding hydrogens is 388 g/mol. The molecule has 0 spiro atoms. The number of carbonyl (C=O) groups is 1. The Morgan fingerprint density at radius 3 is 2.39 bits per heavy atom. The van der Waals surface area contributed by atoms with Crippen LogP contribution >= 0.6 is 0 Å². The molecule has 5 nitrogen and oxygen atoms in total. The van der Waals surface area contributed by atoms with Crippen LogP contribution in [-0.4, -0.2) is 37.0 Å². The summed E-state index contributed by atoms with van der Waals surface area (Å²) in [5.74, 6) is -0.260. The molecule has 0 saturated carbocycles. The zero-order valence-electron chi connectivity index (χ0n) is 17.5. The van der Waals surface area contributed by atoms with Crippen LogP contribution in [0.1, 0.15) is 22.8 Å². The van der Waals surface area contributed by atoms with E-state index in [-0.39, 0.29) is 11.5 Å². The van der Waals surface area contributed by atoms with Gasteiger partial charge in [0.2, 0.25) is 0 Å². The Morgan fingerprint density at radius 1 is 0.903 bits per heavy atom. The highest BCUT2D eigenvalue weighted by Gasteiger charge is 2.25. The van der Waals surface area contributed by atoms with Crippen molar-refractivity contribution in [2.24, 2.45) is 0 Å². The summed E-state index contributed by atoms with van der Waals surface area (Å²) in [6.07, 6.45) is 1.02. The standard InChI is InChI=1S/C26H24N2O3/c1-2-18-7-10-20(11-8-18)27-13-15-28(16-14-27)25(29)23-17-22-21-6-4-3-5-19(21)9-12-24(22)31-26(23)30/h3-12,17H,2,13-16H2,1H3. The van der Waals surface area contributed by atoms with Crippen molar-refractivity contribution in [2.45, 2.75) is 13.3 Å². The molecule has 0 aliphatic carbocycles. The number of benzene rings is 3. The molecule has 2 heterocycles. The maximum atomic E-state index is 13.2. The van der Waals surface area contributed by atoms with Crippen LogP contribution in [0.2, 0.25) is 0 Å². The summed E-state index contributed by atoms with van der Waals surface area (Å²) in [7, 11) is 0. The number of piperazine rings is 1. The zero-order valence-corrected chi connectivity index (χ0v) is 17.5. The fraction of sp³-hybridized carbons (Fsp3) is 0.231. The predicted octanol–water partition coefficient (Wildman–Crippen LogP) is 4.47. The Morgan fingerprint density at radius 2 is 1.65 bits per heavy atom.